The molecule has 3 N–H and O–H groups in total. The molecule has 0 atom stereocenters. The van der Waals surface area contributed by atoms with Crippen LogP contribution in [0.1, 0.15) is 26.3 Å². The van der Waals surface area contributed by atoms with E-state index in [4.69, 9.17) is 10.2 Å². The van der Waals surface area contributed by atoms with Crippen molar-refractivity contribution in [2.24, 2.45) is 5.10 Å². The van der Waals surface area contributed by atoms with Crippen molar-refractivity contribution in [3.05, 3.63) is 65.2 Å². The van der Waals surface area contributed by atoms with Crippen LogP contribution in [0.4, 0.5) is 5.69 Å². The maximum Gasteiger partial charge on any atom is 0.335 e. The number of nitrogens with zero attached hydrogens (tertiary/aromatic N) is 1. The fraction of sp³-hybridized carbons (Fsp3) is 0. The molecule has 2 aromatic carbocycles. The van der Waals surface area contributed by atoms with E-state index in [1.54, 1.807) is 6.21 Å². The summed E-state index contributed by atoms with van der Waals surface area (Å²) in [6.07, 6.45) is 1.55. The Morgan fingerprint density at radius 2 is 1.52 bits per heavy atom. The fourth-order valence-electron chi connectivity index (χ4n) is 1.66. The van der Waals surface area contributed by atoms with E-state index in [1.807, 2.05) is 30.3 Å². The molecule has 21 heavy (non-hydrogen) atoms. The molecule has 0 bridgehead atoms. The van der Waals surface area contributed by atoms with Crippen molar-refractivity contribution in [1.82, 2.24) is 0 Å². The number of rotatable bonds is 5. The second kappa shape index (κ2) is 6.33. The highest BCUT2D eigenvalue weighted by Gasteiger charge is 2.11. The molecule has 0 amide bonds. The van der Waals surface area contributed by atoms with Crippen molar-refractivity contribution in [1.29, 1.82) is 0 Å². The summed E-state index contributed by atoms with van der Waals surface area (Å²) < 4.78 is 0. The lowest BCUT2D eigenvalue weighted by molar-refractivity contribution is 0.0696. The van der Waals surface area contributed by atoms with Gasteiger partial charge in [-0.1, -0.05) is 30.3 Å². The van der Waals surface area contributed by atoms with Crippen LogP contribution in [-0.4, -0.2) is 28.4 Å². The SMILES string of the molecule is O=C(O)c1cc(NN=Cc2ccccc2)cc(C(=O)O)c1. The van der Waals surface area contributed by atoms with Gasteiger partial charge < -0.3 is 10.2 Å². The number of carbonyl (C=O) groups is 2. The molecular weight excluding hydrogens is 272 g/mol. The Kier molecular flexibility index (Phi) is 4.30. The first-order chi connectivity index (χ1) is 10.1. The molecule has 2 aromatic rings. The summed E-state index contributed by atoms with van der Waals surface area (Å²) in [4.78, 5) is 21.9. The second-order valence-corrected chi connectivity index (χ2v) is 4.19. The van der Waals surface area contributed by atoms with Gasteiger partial charge in [0, 0.05) is 0 Å². The van der Waals surface area contributed by atoms with Crippen LogP contribution < -0.4 is 5.43 Å². The number of hydrogen-bond acceptors (Lipinski definition) is 4. The van der Waals surface area contributed by atoms with E-state index in [0.717, 1.165) is 11.6 Å². The molecule has 0 radical (unpaired) electrons. The summed E-state index contributed by atoms with van der Waals surface area (Å²) in [5.74, 6) is -2.40. The maximum atomic E-state index is 11.0. The van der Waals surface area contributed by atoms with Gasteiger partial charge in [0.05, 0.1) is 23.0 Å². The van der Waals surface area contributed by atoms with E-state index < -0.39 is 11.9 Å². The summed E-state index contributed by atoms with van der Waals surface area (Å²) in [5.41, 5.74) is 3.54. The van der Waals surface area contributed by atoms with Crippen LogP contribution >= 0.6 is 0 Å². The van der Waals surface area contributed by atoms with Crippen LogP contribution in [0.25, 0.3) is 0 Å². The Labute approximate surface area is 120 Å². The number of hydrazone groups is 1. The van der Waals surface area contributed by atoms with E-state index in [1.165, 1.54) is 12.1 Å². The number of carboxylic acid groups (broad SMARTS) is 2. The molecular formula is C15H12N2O4. The van der Waals surface area contributed by atoms with E-state index >= 15 is 0 Å². The van der Waals surface area contributed by atoms with Gasteiger partial charge in [-0.15, -0.1) is 0 Å². The summed E-state index contributed by atoms with van der Waals surface area (Å²) in [6.45, 7) is 0. The van der Waals surface area contributed by atoms with E-state index in [-0.39, 0.29) is 11.1 Å². The molecule has 0 heterocycles. The normalized spacial score (nSPS) is 10.5. The number of aromatic carboxylic acids is 2. The lowest BCUT2D eigenvalue weighted by atomic mass is 10.1. The first-order valence-electron chi connectivity index (χ1n) is 6.02. The summed E-state index contributed by atoms with van der Waals surface area (Å²) in [7, 11) is 0. The topological polar surface area (TPSA) is 99.0 Å². The lowest BCUT2D eigenvalue weighted by Gasteiger charge is -2.04. The number of hydrogen-bond donors (Lipinski definition) is 3. The third-order valence-electron chi connectivity index (χ3n) is 2.63. The average Bonchev–Trinajstić information content (AvgIpc) is 2.48. The molecule has 0 spiro atoms. The Hall–Kier alpha value is -3.15. The van der Waals surface area contributed by atoms with Gasteiger partial charge in [0.1, 0.15) is 0 Å². The predicted molar refractivity (Wildman–Crippen MR) is 78.0 cm³/mol. The second-order valence-electron chi connectivity index (χ2n) is 4.19. The Morgan fingerprint density at radius 3 is 2.05 bits per heavy atom. The third-order valence-corrected chi connectivity index (χ3v) is 2.63. The zero-order valence-corrected chi connectivity index (χ0v) is 10.9. The minimum atomic E-state index is -1.20. The molecule has 0 aromatic heterocycles. The zero-order valence-electron chi connectivity index (χ0n) is 10.9. The average molecular weight is 284 g/mol. The van der Waals surface area contributed by atoms with Gasteiger partial charge in [-0.3, -0.25) is 5.43 Å². The maximum absolute atomic E-state index is 11.0. The summed E-state index contributed by atoms with van der Waals surface area (Å²) >= 11 is 0. The smallest absolute Gasteiger partial charge is 0.335 e. The van der Waals surface area contributed by atoms with E-state index in [2.05, 4.69) is 10.5 Å². The minimum absolute atomic E-state index is 0.118. The molecule has 2 rings (SSSR count). The summed E-state index contributed by atoms with van der Waals surface area (Å²) in [6, 6.07) is 13.0. The van der Waals surface area contributed by atoms with Crippen molar-refractivity contribution in [3.63, 3.8) is 0 Å². The van der Waals surface area contributed by atoms with Gasteiger partial charge in [0.2, 0.25) is 0 Å². The van der Waals surface area contributed by atoms with Crippen LogP contribution in [-0.2, 0) is 0 Å². The van der Waals surface area contributed by atoms with Crippen molar-refractivity contribution < 1.29 is 19.8 Å². The predicted octanol–water partition coefficient (Wildman–Crippen LogP) is 2.53. The summed E-state index contributed by atoms with van der Waals surface area (Å²) in [5, 5.41) is 21.9. The quantitative estimate of drug-likeness (QED) is 0.578. The molecule has 0 aliphatic carbocycles. The van der Waals surface area contributed by atoms with Crippen molar-refractivity contribution in [2.75, 3.05) is 5.43 Å². The van der Waals surface area contributed by atoms with Gasteiger partial charge in [-0.25, -0.2) is 9.59 Å². The first kappa shape index (κ1) is 14.3. The molecule has 0 saturated heterocycles. The molecule has 0 saturated carbocycles. The van der Waals surface area contributed by atoms with Crippen LogP contribution in [0.15, 0.2) is 53.6 Å². The van der Waals surface area contributed by atoms with Gasteiger partial charge in [0.25, 0.3) is 0 Å². The number of carboxylic acids is 2. The van der Waals surface area contributed by atoms with Crippen molar-refractivity contribution in [3.8, 4) is 0 Å². The van der Waals surface area contributed by atoms with Gasteiger partial charge in [-0.05, 0) is 23.8 Å². The van der Waals surface area contributed by atoms with Gasteiger partial charge >= 0.3 is 11.9 Å². The Bertz CT molecular complexity index is 664. The van der Waals surface area contributed by atoms with E-state index in [9.17, 15) is 9.59 Å². The number of anilines is 1. The van der Waals surface area contributed by atoms with Crippen molar-refractivity contribution >= 4 is 23.8 Å². The fourth-order valence-corrected chi connectivity index (χ4v) is 1.66. The van der Waals surface area contributed by atoms with Gasteiger partial charge in [0.15, 0.2) is 0 Å². The highest BCUT2D eigenvalue weighted by molar-refractivity contribution is 5.95. The lowest BCUT2D eigenvalue weighted by Crippen LogP contribution is -2.04. The van der Waals surface area contributed by atoms with Crippen molar-refractivity contribution in [2.45, 2.75) is 0 Å². The first-order valence-corrected chi connectivity index (χ1v) is 6.02. The largest absolute Gasteiger partial charge is 0.478 e. The molecule has 6 heteroatoms. The Morgan fingerprint density at radius 1 is 0.952 bits per heavy atom. The van der Waals surface area contributed by atoms with Gasteiger partial charge in [-0.2, -0.15) is 5.10 Å². The van der Waals surface area contributed by atoms with Crippen LogP contribution in [0.2, 0.25) is 0 Å². The monoisotopic (exact) mass is 284 g/mol. The van der Waals surface area contributed by atoms with Crippen LogP contribution in [0, 0.1) is 0 Å². The minimum Gasteiger partial charge on any atom is -0.478 e. The molecule has 6 nitrogen and oxygen atoms in total. The van der Waals surface area contributed by atoms with Crippen LogP contribution in [0.5, 0.6) is 0 Å². The third kappa shape index (κ3) is 3.90. The zero-order chi connectivity index (χ0) is 15.2. The standard InChI is InChI=1S/C15H12N2O4/c18-14(19)11-6-12(15(20)21)8-13(7-11)17-16-9-10-4-2-1-3-5-10/h1-9,17H,(H,18,19)(H,20,21). The molecule has 0 fully saturated rings. The number of nitrogens with one attached hydrogen (secondary N) is 1. The highest BCUT2D eigenvalue weighted by atomic mass is 16.4. The van der Waals surface area contributed by atoms with Crippen LogP contribution in [0.3, 0.4) is 0 Å². The Balaban J connectivity index is 2.21. The van der Waals surface area contributed by atoms with E-state index in [0.29, 0.717) is 5.69 Å². The molecule has 0 aliphatic heterocycles. The highest BCUT2D eigenvalue weighted by Crippen LogP contribution is 2.15. The molecule has 0 unspecified atom stereocenters. The molecule has 0 aliphatic rings. The number of benzene rings is 2. The molecule has 106 valence electrons.